The molecule has 0 radical (unpaired) electrons. The van der Waals surface area contributed by atoms with Gasteiger partial charge in [0.05, 0.1) is 0 Å². The Bertz CT molecular complexity index is 67.9. The fourth-order valence-corrected chi connectivity index (χ4v) is 0.499. The predicted molar refractivity (Wildman–Crippen MR) is 25.7 cm³/mol. The Morgan fingerprint density at radius 2 is 2.67 bits per heavy atom. The second-order valence-corrected chi connectivity index (χ2v) is 1.47. The van der Waals surface area contributed by atoms with Gasteiger partial charge in [0, 0.05) is 26.2 Å². The summed E-state index contributed by atoms with van der Waals surface area (Å²) in [5, 5.41) is 5.88. The summed E-state index contributed by atoms with van der Waals surface area (Å²) in [5.41, 5.74) is 0. The molecule has 0 saturated heterocycles. The third kappa shape index (κ3) is 0.506. The Labute approximate surface area is 37.5 Å². The highest BCUT2D eigenvalue weighted by molar-refractivity contribution is 5.58. The van der Waals surface area contributed by atoms with Crippen molar-refractivity contribution in [2.75, 3.05) is 13.6 Å². The van der Waals surface area contributed by atoms with Crippen molar-refractivity contribution in [2.24, 2.45) is 5.10 Å². The van der Waals surface area contributed by atoms with Crippen LogP contribution in [-0.4, -0.2) is 24.8 Å². The predicted octanol–water partition coefficient (Wildman–Crippen LogP) is 0.308. The molecule has 0 aliphatic carbocycles. The molecular formula is C4H8N2. The summed E-state index contributed by atoms with van der Waals surface area (Å²) in [7, 11) is 1.98. The SMILES string of the molecule is CN1CCC=N1. The normalized spacial score (nSPS) is 19.8. The molecular weight excluding hydrogens is 76.1 g/mol. The fraction of sp³-hybridized carbons (Fsp3) is 0.750. The summed E-state index contributed by atoms with van der Waals surface area (Å²) < 4.78 is 0. The van der Waals surface area contributed by atoms with Gasteiger partial charge in [-0.1, -0.05) is 0 Å². The molecule has 0 aromatic heterocycles. The number of rotatable bonds is 0. The second kappa shape index (κ2) is 1.29. The van der Waals surface area contributed by atoms with Crippen LogP contribution >= 0.6 is 0 Å². The molecule has 0 aromatic rings. The summed E-state index contributed by atoms with van der Waals surface area (Å²) in [4.78, 5) is 0. The van der Waals surface area contributed by atoms with E-state index in [1.165, 1.54) is 0 Å². The number of hydrazone groups is 1. The molecule has 1 rings (SSSR count). The van der Waals surface area contributed by atoms with Gasteiger partial charge in [-0.25, -0.2) is 0 Å². The maximum atomic E-state index is 3.94. The van der Waals surface area contributed by atoms with Crippen LogP contribution in [0.25, 0.3) is 0 Å². The van der Waals surface area contributed by atoms with Gasteiger partial charge >= 0.3 is 0 Å². The maximum Gasteiger partial charge on any atom is 0.0407 e. The van der Waals surface area contributed by atoms with Crippen molar-refractivity contribution in [1.29, 1.82) is 0 Å². The summed E-state index contributed by atoms with van der Waals surface area (Å²) in [6.07, 6.45) is 3.05. The lowest BCUT2D eigenvalue weighted by Crippen LogP contribution is -2.04. The van der Waals surface area contributed by atoms with Crippen LogP contribution in [0.5, 0.6) is 0 Å². The third-order valence-electron chi connectivity index (χ3n) is 0.861. The van der Waals surface area contributed by atoms with Crippen LogP contribution in [0.1, 0.15) is 6.42 Å². The zero-order valence-corrected chi connectivity index (χ0v) is 3.89. The Balaban J connectivity index is 2.38. The van der Waals surface area contributed by atoms with Gasteiger partial charge in [-0.2, -0.15) is 5.10 Å². The van der Waals surface area contributed by atoms with Gasteiger partial charge < -0.3 is 5.01 Å². The molecule has 1 aliphatic rings. The summed E-state index contributed by atoms with van der Waals surface area (Å²) in [6.45, 7) is 1.10. The second-order valence-electron chi connectivity index (χ2n) is 1.47. The quantitative estimate of drug-likeness (QED) is 0.412. The smallest absolute Gasteiger partial charge is 0.0407 e. The van der Waals surface area contributed by atoms with Crippen LogP contribution in [0.4, 0.5) is 0 Å². The minimum atomic E-state index is 1.10. The van der Waals surface area contributed by atoms with E-state index in [0.29, 0.717) is 0 Å². The molecule has 0 saturated carbocycles. The molecule has 1 aliphatic heterocycles. The van der Waals surface area contributed by atoms with Gasteiger partial charge in [-0.15, -0.1) is 0 Å². The molecule has 0 bridgehead atoms. The Morgan fingerprint density at radius 1 is 1.83 bits per heavy atom. The first-order valence-electron chi connectivity index (χ1n) is 2.13. The Hall–Kier alpha value is -0.530. The zero-order chi connectivity index (χ0) is 4.41. The third-order valence-corrected chi connectivity index (χ3v) is 0.861. The Kier molecular flexibility index (Phi) is 0.783. The highest BCUT2D eigenvalue weighted by Gasteiger charge is 1.94. The average Bonchev–Trinajstić information content (AvgIpc) is 1.86. The van der Waals surface area contributed by atoms with E-state index >= 15 is 0 Å². The van der Waals surface area contributed by atoms with E-state index in [1.54, 1.807) is 0 Å². The van der Waals surface area contributed by atoms with E-state index in [1.807, 2.05) is 18.3 Å². The lowest BCUT2D eigenvalue weighted by Gasteiger charge is -2.00. The van der Waals surface area contributed by atoms with Crippen molar-refractivity contribution in [2.45, 2.75) is 6.42 Å². The average molecular weight is 84.1 g/mol. The molecule has 0 aromatic carbocycles. The van der Waals surface area contributed by atoms with Crippen molar-refractivity contribution in [3.05, 3.63) is 0 Å². The first-order chi connectivity index (χ1) is 2.89. The van der Waals surface area contributed by atoms with E-state index in [2.05, 4.69) is 5.10 Å². The molecule has 0 N–H and O–H groups in total. The van der Waals surface area contributed by atoms with Crippen molar-refractivity contribution >= 4 is 6.21 Å². The van der Waals surface area contributed by atoms with Crippen LogP contribution in [-0.2, 0) is 0 Å². The van der Waals surface area contributed by atoms with Crippen LogP contribution in [0.3, 0.4) is 0 Å². The number of nitrogens with zero attached hydrogens (tertiary/aromatic N) is 2. The summed E-state index contributed by atoms with van der Waals surface area (Å²) in [6, 6.07) is 0. The zero-order valence-electron chi connectivity index (χ0n) is 3.89. The molecule has 2 heteroatoms. The van der Waals surface area contributed by atoms with Crippen molar-refractivity contribution < 1.29 is 0 Å². The van der Waals surface area contributed by atoms with Crippen molar-refractivity contribution in [1.82, 2.24) is 5.01 Å². The van der Waals surface area contributed by atoms with E-state index in [-0.39, 0.29) is 0 Å². The van der Waals surface area contributed by atoms with E-state index in [4.69, 9.17) is 0 Å². The lowest BCUT2D eigenvalue weighted by molar-refractivity contribution is 0.393. The van der Waals surface area contributed by atoms with Gasteiger partial charge in [0.25, 0.3) is 0 Å². The highest BCUT2D eigenvalue weighted by atomic mass is 15.4. The fourth-order valence-electron chi connectivity index (χ4n) is 0.499. The molecule has 0 fully saturated rings. The number of hydrogen-bond donors (Lipinski definition) is 0. The molecule has 2 nitrogen and oxygen atoms in total. The monoisotopic (exact) mass is 84.1 g/mol. The molecule has 0 unspecified atom stereocenters. The van der Waals surface area contributed by atoms with Gasteiger partial charge in [0.2, 0.25) is 0 Å². The van der Waals surface area contributed by atoms with E-state index in [0.717, 1.165) is 13.0 Å². The van der Waals surface area contributed by atoms with Gasteiger partial charge in [-0.3, -0.25) is 0 Å². The molecule has 6 heavy (non-hydrogen) atoms. The van der Waals surface area contributed by atoms with Crippen molar-refractivity contribution in [3.63, 3.8) is 0 Å². The molecule has 34 valence electrons. The van der Waals surface area contributed by atoms with Crippen LogP contribution in [0, 0.1) is 0 Å². The standard InChI is InChI=1S/C4H8N2/c1-6-4-2-3-5-6/h3H,2,4H2,1H3. The van der Waals surface area contributed by atoms with Gasteiger partial charge in [0.1, 0.15) is 0 Å². The van der Waals surface area contributed by atoms with Crippen molar-refractivity contribution in [3.8, 4) is 0 Å². The molecule has 0 spiro atoms. The summed E-state index contributed by atoms with van der Waals surface area (Å²) in [5.74, 6) is 0. The first kappa shape index (κ1) is 3.65. The molecule has 0 atom stereocenters. The summed E-state index contributed by atoms with van der Waals surface area (Å²) >= 11 is 0. The molecule has 0 amide bonds. The van der Waals surface area contributed by atoms with Crippen LogP contribution in [0.15, 0.2) is 5.10 Å². The van der Waals surface area contributed by atoms with E-state index in [9.17, 15) is 0 Å². The minimum absolute atomic E-state index is 1.10. The van der Waals surface area contributed by atoms with Gasteiger partial charge in [0.15, 0.2) is 0 Å². The Morgan fingerprint density at radius 3 is 2.83 bits per heavy atom. The minimum Gasteiger partial charge on any atom is -0.300 e. The highest BCUT2D eigenvalue weighted by Crippen LogP contribution is 1.91. The van der Waals surface area contributed by atoms with Crippen LogP contribution in [0.2, 0.25) is 0 Å². The maximum absolute atomic E-state index is 3.94. The largest absolute Gasteiger partial charge is 0.300 e. The first-order valence-corrected chi connectivity index (χ1v) is 2.13. The lowest BCUT2D eigenvalue weighted by atomic mass is 10.5. The van der Waals surface area contributed by atoms with Crippen LogP contribution < -0.4 is 0 Å². The van der Waals surface area contributed by atoms with E-state index < -0.39 is 0 Å². The number of hydrogen-bond acceptors (Lipinski definition) is 2. The van der Waals surface area contributed by atoms with Gasteiger partial charge in [-0.05, 0) is 0 Å². The molecule has 1 heterocycles. The topological polar surface area (TPSA) is 15.6 Å².